The lowest BCUT2D eigenvalue weighted by molar-refractivity contribution is -0.274. The summed E-state index contributed by atoms with van der Waals surface area (Å²) in [5, 5.41) is 0. The fourth-order valence-corrected chi connectivity index (χ4v) is 7.76. The molecule has 3 aromatic carbocycles. The van der Waals surface area contributed by atoms with Crippen LogP contribution in [0.2, 0.25) is 0 Å². The Kier molecular flexibility index (Phi) is 8.80. The number of ether oxygens (including phenoxy) is 3. The van der Waals surface area contributed by atoms with E-state index in [2.05, 4.69) is 10.2 Å². The maximum Gasteiger partial charge on any atom is 0.573 e. The summed E-state index contributed by atoms with van der Waals surface area (Å²) < 4.78 is 70.6. The van der Waals surface area contributed by atoms with Gasteiger partial charge in [0.15, 0.2) is 4.93 Å². The number of alkyl halides is 3. The van der Waals surface area contributed by atoms with Gasteiger partial charge in [-0.15, -0.1) is 13.2 Å². The first-order chi connectivity index (χ1) is 21.7. The van der Waals surface area contributed by atoms with Crippen molar-refractivity contribution in [2.45, 2.75) is 98.6 Å². The molecule has 1 N–H and O–H groups in total. The summed E-state index contributed by atoms with van der Waals surface area (Å²) in [6, 6.07) is 19.3. The van der Waals surface area contributed by atoms with Crippen molar-refractivity contribution in [3.63, 3.8) is 0 Å². The number of rotatable bonds is 8. The topological polar surface area (TPSA) is 66.0 Å². The van der Waals surface area contributed by atoms with Gasteiger partial charge in [0.2, 0.25) is 0 Å². The van der Waals surface area contributed by atoms with Gasteiger partial charge in [0.25, 0.3) is 0 Å². The summed E-state index contributed by atoms with van der Waals surface area (Å²) >= 11 is 1.58. The van der Waals surface area contributed by atoms with Gasteiger partial charge in [0, 0.05) is 35.6 Å². The Hall–Kier alpha value is -3.28. The van der Waals surface area contributed by atoms with Crippen LogP contribution in [0.5, 0.6) is 11.5 Å². The van der Waals surface area contributed by atoms with Gasteiger partial charge < -0.3 is 14.2 Å². The van der Waals surface area contributed by atoms with Crippen LogP contribution in [0.3, 0.4) is 0 Å². The highest BCUT2D eigenvalue weighted by Gasteiger charge is 2.56. The maximum atomic E-state index is 14.0. The first kappa shape index (κ1) is 32.7. The molecule has 3 fully saturated rings. The minimum Gasteiger partial charge on any atom is -0.476 e. The molecule has 246 valence electrons. The van der Waals surface area contributed by atoms with Gasteiger partial charge in [0.05, 0.1) is 17.6 Å². The third-order valence-corrected chi connectivity index (χ3v) is 9.94. The van der Waals surface area contributed by atoms with E-state index in [4.69, 9.17) is 14.3 Å². The molecule has 46 heavy (non-hydrogen) atoms. The number of hydrogen-bond donors (Lipinski definition) is 1. The Labute approximate surface area is 270 Å². The molecule has 6 rings (SSSR count). The van der Waals surface area contributed by atoms with Gasteiger partial charge in [-0.3, -0.25) is 9.63 Å². The van der Waals surface area contributed by atoms with Crippen LogP contribution < -0.4 is 15.0 Å². The van der Waals surface area contributed by atoms with Crippen molar-refractivity contribution < 1.29 is 41.4 Å². The lowest BCUT2D eigenvalue weighted by atomic mass is 9.64. The van der Waals surface area contributed by atoms with Gasteiger partial charge in [-0.05, 0) is 88.1 Å². The number of halogens is 4. The van der Waals surface area contributed by atoms with Gasteiger partial charge in [-0.25, -0.2) is 4.39 Å². The van der Waals surface area contributed by atoms with Crippen LogP contribution in [-0.4, -0.2) is 28.5 Å². The van der Waals surface area contributed by atoms with E-state index >= 15 is 0 Å². The number of carbonyl (C=O) groups excluding carboxylic acids is 1. The summed E-state index contributed by atoms with van der Waals surface area (Å²) in [5.74, 6) is -1.80. The number of thioether (sulfide) groups is 1. The Balaban J connectivity index is 1.34. The minimum absolute atomic E-state index is 0.318. The summed E-state index contributed by atoms with van der Waals surface area (Å²) in [4.78, 5) is 20.5. The van der Waals surface area contributed by atoms with E-state index in [0.717, 1.165) is 23.3 Å². The minimum atomic E-state index is -4.88. The lowest BCUT2D eigenvalue weighted by Crippen LogP contribution is -2.47. The highest BCUT2D eigenvalue weighted by molar-refractivity contribution is 8.00. The van der Waals surface area contributed by atoms with Gasteiger partial charge >= 0.3 is 12.3 Å². The van der Waals surface area contributed by atoms with E-state index < -0.39 is 46.2 Å². The number of esters is 1. The summed E-state index contributed by atoms with van der Waals surface area (Å²) in [5.41, 5.74) is 2.62. The molecule has 0 radical (unpaired) electrons. The third kappa shape index (κ3) is 7.47. The van der Waals surface area contributed by atoms with Crippen LogP contribution >= 0.6 is 11.8 Å². The van der Waals surface area contributed by atoms with Crippen molar-refractivity contribution in [1.29, 1.82) is 0 Å². The number of benzene rings is 3. The first-order valence-electron chi connectivity index (χ1n) is 15.5. The average molecular weight is 660 g/mol. The zero-order valence-electron chi connectivity index (χ0n) is 25.9. The highest BCUT2D eigenvalue weighted by Crippen LogP contribution is 2.57. The summed E-state index contributed by atoms with van der Waals surface area (Å²) in [7, 11) is 0. The molecule has 1 spiro atoms. The first-order valence-corrected chi connectivity index (χ1v) is 16.3. The van der Waals surface area contributed by atoms with E-state index in [1.807, 2.05) is 30.3 Å². The maximum absolute atomic E-state index is 14.0. The molecule has 0 amide bonds. The fraction of sp³-hybridized carbons (Fsp3) is 0.457. The standard InChI is InChI=1S/C35H37F4NO5S/c1-32(2,3)44-31(41)26-10-7-17-33(30(26)22-11-13-23(36)14-12-22)21-28(40-45-33)27-20-24(42-35(37,38)39)15-16-29(27)43-34(18-19-34)46-25-8-5-4-6-9-25/h4-6,8-9,11-16,20,26,28,30,40H,7,10,17-19,21H2,1-3H3/t26?,28-,30-,33-/m1/s1. The predicted molar refractivity (Wildman–Crippen MR) is 165 cm³/mol. The highest BCUT2D eigenvalue weighted by atomic mass is 32.2. The summed E-state index contributed by atoms with van der Waals surface area (Å²) in [6.07, 6.45) is -1.23. The lowest BCUT2D eigenvalue weighted by Gasteiger charge is -2.44. The second-order valence-corrected chi connectivity index (χ2v) is 14.7. The molecule has 4 atom stereocenters. The monoisotopic (exact) mass is 659 g/mol. The van der Waals surface area contributed by atoms with Crippen LogP contribution in [0.15, 0.2) is 77.7 Å². The van der Waals surface area contributed by atoms with Crippen molar-refractivity contribution in [2.75, 3.05) is 0 Å². The second kappa shape index (κ2) is 12.4. The van der Waals surface area contributed by atoms with Crippen molar-refractivity contribution >= 4 is 17.7 Å². The molecule has 3 aliphatic rings. The molecule has 1 unspecified atom stereocenters. The number of hydrogen-bond acceptors (Lipinski definition) is 7. The largest absolute Gasteiger partial charge is 0.573 e. The molecule has 3 aromatic rings. The molecule has 6 nitrogen and oxygen atoms in total. The van der Waals surface area contributed by atoms with Gasteiger partial charge in [0.1, 0.15) is 22.9 Å². The van der Waals surface area contributed by atoms with Crippen LogP contribution in [0.4, 0.5) is 17.6 Å². The van der Waals surface area contributed by atoms with Gasteiger partial charge in [-0.1, -0.05) is 42.1 Å². The predicted octanol–water partition coefficient (Wildman–Crippen LogP) is 9.02. The number of nitrogens with one attached hydrogen (secondary N) is 1. The van der Waals surface area contributed by atoms with Crippen molar-refractivity contribution in [2.24, 2.45) is 5.92 Å². The van der Waals surface area contributed by atoms with Crippen molar-refractivity contribution in [3.05, 3.63) is 89.7 Å². The molecule has 2 aliphatic carbocycles. The van der Waals surface area contributed by atoms with E-state index in [0.29, 0.717) is 37.0 Å². The molecular weight excluding hydrogens is 622 g/mol. The van der Waals surface area contributed by atoms with Crippen LogP contribution in [0.1, 0.15) is 82.4 Å². The van der Waals surface area contributed by atoms with E-state index in [-0.39, 0.29) is 11.7 Å². The fourth-order valence-electron chi connectivity index (χ4n) is 6.60. The number of carbonyl (C=O) groups is 1. The Morgan fingerprint density at radius 3 is 2.35 bits per heavy atom. The second-order valence-electron chi connectivity index (χ2n) is 13.3. The van der Waals surface area contributed by atoms with Gasteiger partial charge in [-0.2, -0.15) is 5.48 Å². The molecule has 1 heterocycles. The zero-order chi connectivity index (χ0) is 32.7. The Bertz CT molecular complexity index is 1540. The molecule has 0 bridgehead atoms. The quantitative estimate of drug-likeness (QED) is 0.147. The molecule has 0 aromatic heterocycles. The number of hydroxylamine groups is 1. The third-order valence-electron chi connectivity index (χ3n) is 8.57. The smallest absolute Gasteiger partial charge is 0.476 e. The normalized spacial score (nSPS) is 25.7. The van der Waals surface area contributed by atoms with E-state index in [1.54, 1.807) is 44.7 Å². The average Bonchev–Trinajstić information content (AvgIpc) is 3.60. The molecule has 11 heteroatoms. The van der Waals surface area contributed by atoms with Crippen LogP contribution in [0.25, 0.3) is 0 Å². The van der Waals surface area contributed by atoms with E-state index in [1.165, 1.54) is 30.3 Å². The van der Waals surface area contributed by atoms with Crippen molar-refractivity contribution in [1.82, 2.24) is 5.48 Å². The molecule has 2 saturated carbocycles. The zero-order valence-corrected chi connectivity index (χ0v) is 26.7. The summed E-state index contributed by atoms with van der Waals surface area (Å²) in [6.45, 7) is 5.42. The molecule has 1 saturated heterocycles. The molecule has 1 aliphatic heterocycles. The van der Waals surface area contributed by atoms with Crippen LogP contribution in [0, 0.1) is 11.7 Å². The SMILES string of the molecule is CC(C)(C)OC(=O)C1CCC[C@@]2(C[C@H](c3cc(OC(F)(F)F)ccc3OC3(Sc4ccccc4)CC3)NO2)[C@@H]1c1ccc(F)cc1. The van der Waals surface area contributed by atoms with Crippen LogP contribution in [-0.2, 0) is 14.4 Å². The van der Waals surface area contributed by atoms with Crippen molar-refractivity contribution in [3.8, 4) is 11.5 Å². The molecular formula is C35H37F4NO5S. The Morgan fingerprint density at radius 1 is 0.978 bits per heavy atom. The Morgan fingerprint density at radius 2 is 1.70 bits per heavy atom. The van der Waals surface area contributed by atoms with E-state index in [9.17, 15) is 22.4 Å².